The minimum Gasteiger partial charge on any atom is -0.496 e. The summed E-state index contributed by atoms with van der Waals surface area (Å²) >= 11 is 0. The Balaban J connectivity index is 1.66. The molecular weight excluding hydrogens is 491 g/mol. The number of nitro groups is 1. The van der Waals surface area contributed by atoms with Gasteiger partial charge in [0.15, 0.2) is 11.3 Å². The van der Waals surface area contributed by atoms with Gasteiger partial charge in [-0.25, -0.2) is 9.50 Å². The van der Waals surface area contributed by atoms with E-state index in [4.69, 9.17) is 4.74 Å². The molecule has 0 bridgehead atoms. The van der Waals surface area contributed by atoms with Crippen molar-refractivity contribution in [2.24, 2.45) is 0 Å². The second kappa shape index (κ2) is 8.90. The van der Waals surface area contributed by atoms with E-state index in [1.54, 1.807) is 24.3 Å². The van der Waals surface area contributed by atoms with Crippen molar-refractivity contribution >= 4 is 33.7 Å². The number of amides is 1. The Kier molecular flexibility index (Phi) is 5.71. The van der Waals surface area contributed by atoms with Gasteiger partial charge in [0.05, 0.1) is 30.0 Å². The number of alkyl halides is 3. The van der Waals surface area contributed by atoms with Gasteiger partial charge in [-0.15, -0.1) is 0 Å². The standard InChI is InChI=1S/C25H16F3N5O4/c1-37-15-9-10-19(21(11-15)33(35)36)31-24(34)18-13-29-32-22(25(26,27)28)12-20(30-23(18)32)17-8-4-6-14-5-2-3-7-16(14)17/h2-13H,1H3,(H,31,34). The highest BCUT2D eigenvalue weighted by Crippen LogP contribution is 2.35. The first kappa shape index (κ1) is 23.7. The third-order valence-corrected chi connectivity index (χ3v) is 5.72. The summed E-state index contributed by atoms with van der Waals surface area (Å²) in [6.07, 6.45) is -3.87. The van der Waals surface area contributed by atoms with E-state index in [1.807, 2.05) is 18.2 Å². The number of halogens is 3. The Morgan fingerprint density at radius 1 is 1.08 bits per heavy atom. The van der Waals surface area contributed by atoms with Gasteiger partial charge in [0.2, 0.25) is 0 Å². The lowest BCUT2D eigenvalue weighted by atomic mass is 10.0. The van der Waals surface area contributed by atoms with Gasteiger partial charge in [0, 0.05) is 5.56 Å². The number of rotatable bonds is 5. The van der Waals surface area contributed by atoms with Crippen LogP contribution in [0.4, 0.5) is 24.5 Å². The van der Waals surface area contributed by atoms with Crippen LogP contribution in [0, 0.1) is 10.1 Å². The topological polar surface area (TPSA) is 112 Å². The van der Waals surface area contributed by atoms with E-state index in [9.17, 15) is 28.1 Å². The lowest BCUT2D eigenvalue weighted by Gasteiger charge is -2.13. The van der Waals surface area contributed by atoms with Gasteiger partial charge in [0.1, 0.15) is 17.0 Å². The molecule has 3 aromatic carbocycles. The fraction of sp³-hybridized carbons (Fsp3) is 0.0800. The van der Waals surface area contributed by atoms with Crippen LogP contribution in [-0.4, -0.2) is 32.5 Å². The van der Waals surface area contributed by atoms with Crippen LogP contribution in [0.3, 0.4) is 0 Å². The minimum atomic E-state index is -4.81. The van der Waals surface area contributed by atoms with Gasteiger partial charge in [-0.3, -0.25) is 14.9 Å². The van der Waals surface area contributed by atoms with E-state index in [1.165, 1.54) is 19.2 Å². The van der Waals surface area contributed by atoms with Crippen molar-refractivity contribution in [3.63, 3.8) is 0 Å². The Morgan fingerprint density at radius 2 is 1.84 bits per heavy atom. The number of carbonyl (C=O) groups is 1. The van der Waals surface area contributed by atoms with Crippen LogP contribution in [0.2, 0.25) is 0 Å². The first-order chi connectivity index (χ1) is 17.7. The number of nitrogens with zero attached hydrogens (tertiary/aromatic N) is 4. The third-order valence-electron chi connectivity index (χ3n) is 5.72. The van der Waals surface area contributed by atoms with Crippen molar-refractivity contribution in [1.82, 2.24) is 14.6 Å². The fourth-order valence-corrected chi connectivity index (χ4v) is 4.00. The highest BCUT2D eigenvalue weighted by molar-refractivity contribution is 6.09. The second-order valence-corrected chi connectivity index (χ2v) is 7.94. The van der Waals surface area contributed by atoms with Crippen LogP contribution < -0.4 is 10.1 Å². The Hall–Kier alpha value is -5.00. The maximum absolute atomic E-state index is 14.0. The molecule has 5 aromatic rings. The molecule has 0 fully saturated rings. The molecule has 1 amide bonds. The summed E-state index contributed by atoms with van der Waals surface area (Å²) in [4.78, 5) is 28.2. The van der Waals surface area contributed by atoms with Crippen molar-refractivity contribution in [3.05, 3.63) is 94.3 Å². The average Bonchev–Trinajstić information content (AvgIpc) is 3.31. The molecule has 0 aliphatic carbocycles. The fourth-order valence-electron chi connectivity index (χ4n) is 4.00. The van der Waals surface area contributed by atoms with E-state index in [-0.39, 0.29) is 28.3 Å². The Morgan fingerprint density at radius 3 is 2.57 bits per heavy atom. The van der Waals surface area contributed by atoms with Crippen LogP contribution in [0.15, 0.2) is 72.9 Å². The lowest BCUT2D eigenvalue weighted by molar-refractivity contribution is -0.384. The average molecular weight is 507 g/mol. The number of carbonyl (C=O) groups excluding carboxylic acids is 1. The normalized spacial score (nSPS) is 11.6. The summed E-state index contributed by atoms with van der Waals surface area (Å²) in [5.74, 6) is -0.726. The first-order valence-corrected chi connectivity index (χ1v) is 10.8. The highest BCUT2D eigenvalue weighted by Gasteiger charge is 2.36. The van der Waals surface area contributed by atoms with Gasteiger partial charge >= 0.3 is 6.18 Å². The Labute approximate surface area is 206 Å². The molecule has 0 aliphatic heterocycles. The zero-order valence-corrected chi connectivity index (χ0v) is 19.0. The van der Waals surface area contributed by atoms with E-state index >= 15 is 0 Å². The first-order valence-electron chi connectivity index (χ1n) is 10.8. The molecular formula is C25H16F3N5O4. The van der Waals surface area contributed by atoms with Crippen LogP contribution >= 0.6 is 0 Å². The van der Waals surface area contributed by atoms with Gasteiger partial charge in [-0.05, 0) is 29.0 Å². The van der Waals surface area contributed by atoms with Gasteiger partial charge in [0.25, 0.3) is 11.6 Å². The molecule has 186 valence electrons. The molecule has 2 aromatic heterocycles. The number of ether oxygens (including phenoxy) is 1. The molecule has 5 rings (SSSR count). The van der Waals surface area contributed by atoms with E-state index in [0.29, 0.717) is 15.5 Å². The van der Waals surface area contributed by atoms with E-state index in [0.717, 1.165) is 23.7 Å². The van der Waals surface area contributed by atoms with Gasteiger partial charge in [-0.2, -0.15) is 18.3 Å². The third kappa shape index (κ3) is 4.29. The molecule has 37 heavy (non-hydrogen) atoms. The number of benzene rings is 3. The largest absolute Gasteiger partial charge is 0.496 e. The van der Waals surface area contributed by atoms with Crippen molar-refractivity contribution in [3.8, 4) is 17.0 Å². The Bertz CT molecular complexity index is 1690. The predicted molar refractivity (Wildman–Crippen MR) is 129 cm³/mol. The van der Waals surface area contributed by atoms with Crippen molar-refractivity contribution < 1.29 is 27.6 Å². The van der Waals surface area contributed by atoms with Gasteiger partial charge in [-0.1, -0.05) is 42.5 Å². The van der Waals surface area contributed by atoms with Crippen LogP contribution in [0.5, 0.6) is 5.75 Å². The number of nitrogens with one attached hydrogen (secondary N) is 1. The molecule has 1 N–H and O–H groups in total. The van der Waals surface area contributed by atoms with Crippen LogP contribution in [0.25, 0.3) is 27.7 Å². The molecule has 0 spiro atoms. The number of nitro benzene ring substituents is 1. The molecule has 0 saturated heterocycles. The number of hydrogen-bond donors (Lipinski definition) is 1. The lowest BCUT2D eigenvalue weighted by Crippen LogP contribution is -2.16. The summed E-state index contributed by atoms with van der Waals surface area (Å²) in [5.41, 5.74) is -1.98. The summed E-state index contributed by atoms with van der Waals surface area (Å²) in [6.45, 7) is 0. The number of methoxy groups -OCH3 is 1. The summed E-state index contributed by atoms with van der Waals surface area (Å²) < 4.78 is 47.6. The van der Waals surface area contributed by atoms with Gasteiger partial charge < -0.3 is 10.1 Å². The van der Waals surface area contributed by atoms with E-state index in [2.05, 4.69) is 15.4 Å². The molecule has 0 aliphatic rings. The maximum atomic E-state index is 14.0. The van der Waals surface area contributed by atoms with Crippen LogP contribution in [0.1, 0.15) is 16.1 Å². The molecule has 0 saturated carbocycles. The number of anilines is 1. The SMILES string of the molecule is COc1ccc(NC(=O)c2cnn3c(C(F)(F)F)cc(-c4cccc5ccccc45)nc23)c([N+](=O)[O-])c1. The molecule has 0 unspecified atom stereocenters. The summed E-state index contributed by atoms with van der Waals surface area (Å²) in [6, 6.07) is 17.0. The summed E-state index contributed by atoms with van der Waals surface area (Å²) in [7, 11) is 1.33. The molecule has 0 atom stereocenters. The zero-order chi connectivity index (χ0) is 26.3. The number of hydrogen-bond acceptors (Lipinski definition) is 6. The second-order valence-electron chi connectivity index (χ2n) is 7.94. The zero-order valence-electron chi connectivity index (χ0n) is 19.0. The highest BCUT2D eigenvalue weighted by atomic mass is 19.4. The predicted octanol–water partition coefficient (Wildman–Crippen LogP) is 5.74. The van der Waals surface area contributed by atoms with Crippen molar-refractivity contribution in [2.45, 2.75) is 6.18 Å². The smallest absolute Gasteiger partial charge is 0.433 e. The molecule has 0 radical (unpaired) electrons. The number of fused-ring (bicyclic) bond motifs is 2. The maximum Gasteiger partial charge on any atom is 0.433 e. The quantitative estimate of drug-likeness (QED) is 0.240. The molecule has 12 heteroatoms. The van der Waals surface area contributed by atoms with E-state index < -0.39 is 28.4 Å². The molecule has 9 nitrogen and oxygen atoms in total. The number of aromatic nitrogens is 3. The molecule has 2 heterocycles. The van der Waals surface area contributed by atoms with Crippen molar-refractivity contribution in [2.75, 3.05) is 12.4 Å². The monoisotopic (exact) mass is 507 g/mol. The van der Waals surface area contributed by atoms with Crippen LogP contribution in [-0.2, 0) is 6.18 Å². The van der Waals surface area contributed by atoms with Crippen molar-refractivity contribution in [1.29, 1.82) is 0 Å². The summed E-state index contributed by atoms with van der Waals surface area (Å²) in [5, 5.41) is 19.1. The minimum absolute atomic E-state index is 0.0124.